The average molecular weight is 272 g/mol. The zero-order chi connectivity index (χ0) is 13.5. The molecule has 0 aliphatic heterocycles. The lowest BCUT2D eigenvalue weighted by Crippen LogP contribution is -2.17. The summed E-state index contributed by atoms with van der Waals surface area (Å²) in [6.07, 6.45) is -0.408. The predicted molar refractivity (Wildman–Crippen MR) is 63.9 cm³/mol. The minimum absolute atomic E-state index is 0.194. The van der Waals surface area contributed by atoms with Crippen molar-refractivity contribution in [1.82, 2.24) is 0 Å². The number of halogens is 1. The van der Waals surface area contributed by atoms with Crippen molar-refractivity contribution in [3.05, 3.63) is 30.1 Å². The summed E-state index contributed by atoms with van der Waals surface area (Å²) in [5.41, 5.74) is 0. The van der Waals surface area contributed by atoms with Gasteiger partial charge in [-0.25, -0.2) is 4.39 Å². The molecule has 0 aliphatic carbocycles. The number of carbonyl (C=O) groups excluding carboxylic acids is 2. The van der Waals surface area contributed by atoms with Crippen LogP contribution in [0.3, 0.4) is 0 Å². The number of esters is 1. The quantitative estimate of drug-likeness (QED) is 0.581. The second kappa shape index (κ2) is 7.00. The lowest BCUT2D eigenvalue weighted by atomic mass is 10.3. The van der Waals surface area contributed by atoms with Crippen molar-refractivity contribution in [3.8, 4) is 0 Å². The van der Waals surface area contributed by atoms with Crippen LogP contribution < -0.4 is 0 Å². The molecule has 0 radical (unpaired) electrons. The van der Waals surface area contributed by atoms with Gasteiger partial charge in [-0.05, 0) is 25.1 Å². The van der Waals surface area contributed by atoms with E-state index in [1.165, 1.54) is 18.2 Å². The Hall–Kier alpha value is -1.56. The van der Waals surface area contributed by atoms with E-state index in [2.05, 4.69) is 4.74 Å². The second-order valence-electron chi connectivity index (χ2n) is 3.47. The van der Waals surface area contributed by atoms with Crippen LogP contribution in [0.5, 0.6) is 0 Å². The topological polar surface area (TPSA) is 60.4 Å². The Morgan fingerprint density at radius 3 is 2.72 bits per heavy atom. The van der Waals surface area contributed by atoms with Gasteiger partial charge in [0.25, 0.3) is 0 Å². The van der Waals surface area contributed by atoms with E-state index in [0.29, 0.717) is 0 Å². The molecule has 0 heterocycles. The van der Waals surface area contributed by atoms with Gasteiger partial charge in [0.05, 0.1) is 23.2 Å². The Kier molecular flexibility index (Phi) is 5.64. The fraction of sp³-hybridized carbons (Fsp3) is 0.333. The van der Waals surface area contributed by atoms with Crippen LogP contribution >= 0.6 is 0 Å². The molecule has 18 heavy (non-hydrogen) atoms. The molecule has 1 aromatic carbocycles. The van der Waals surface area contributed by atoms with E-state index in [9.17, 15) is 18.2 Å². The predicted octanol–water partition coefficient (Wildman–Crippen LogP) is 1.46. The molecule has 0 spiro atoms. The number of benzene rings is 1. The van der Waals surface area contributed by atoms with Crippen LogP contribution in [0.25, 0.3) is 0 Å². The van der Waals surface area contributed by atoms with Crippen molar-refractivity contribution in [2.45, 2.75) is 18.2 Å². The van der Waals surface area contributed by atoms with Crippen molar-refractivity contribution in [3.63, 3.8) is 0 Å². The Balaban J connectivity index is 2.55. The van der Waals surface area contributed by atoms with E-state index in [1.807, 2.05) is 0 Å². The molecule has 0 fully saturated rings. The van der Waals surface area contributed by atoms with E-state index in [0.717, 1.165) is 6.07 Å². The van der Waals surface area contributed by atoms with Gasteiger partial charge < -0.3 is 4.74 Å². The zero-order valence-corrected chi connectivity index (χ0v) is 10.7. The smallest absolute Gasteiger partial charge is 0.313 e. The molecule has 0 saturated heterocycles. The van der Waals surface area contributed by atoms with Gasteiger partial charge in [-0.15, -0.1) is 0 Å². The van der Waals surface area contributed by atoms with Crippen LogP contribution in [-0.2, 0) is 25.1 Å². The molecule has 0 aliphatic rings. The number of ketones is 1. The first-order valence-electron chi connectivity index (χ1n) is 5.34. The largest absolute Gasteiger partial charge is 0.466 e. The molecule has 1 rings (SSSR count). The summed E-state index contributed by atoms with van der Waals surface area (Å²) < 4.78 is 29.2. The van der Waals surface area contributed by atoms with Crippen molar-refractivity contribution < 1.29 is 22.9 Å². The summed E-state index contributed by atoms with van der Waals surface area (Å²) in [5.74, 6) is -1.96. The summed E-state index contributed by atoms with van der Waals surface area (Å²) >= 11 is 0. The molecule has 0 saturated carbocycles. The van der Waals surface area contributed by atoms with Crippen LogP contribution in [0.4, 0.5) is 4.39 Å². The third-order valence-electron chi connectivity index (χ3n) is 2.00. The fourth-order valence-electron chi connectivity index (χ4n) is 1.26. The monoisotopic (exact) mass is 272 g/mol. The van der Waals surface area contributed by atoms with Gasteiger partial charge in [0.2, 0.25) is 0 Å². The maximum atomic E-state index is 12.9. The highest BCUT2D eigenvalue weighted by Gasteiger charge is 2.15. The Bertz CT molecular complexity index is 473. The summed E-state index contributed by atoms with van der Waals surface area (Å²) in [4.78, 5) is 22.7. The molecule has 98 valence electrons. The Morgan fingerprint density at radius 2 is 2.11 bits per heavy atom. The summed E-state index contributed by atoms with van der Waals surface area (Å²) in [7, 11) is -1.64. The molecular weight excluding hydrogens is 259 g/mol. The first-order valence-corrected chi connectivity index (χ1v) is 6.66. The maximum Gasteiger partial charge on any atom is 0.313 e. The molecule has 1 aromatic rings. The normalized spacial score (nSPS) is 11.9. The third-order valence-corrected chi connectivity index (χ3v) is 3.36. The summed E-state index contributed by atoms with van der Waals surface area (Å²) in [6, 6.07) is 5.21. The van der Waals surface area contributed by atoms with Gasteiger partial charge in [0, 0.05) is 4.90 Å². The molecule has 1 unspecified atom stereocenters. The van der Waals surface area contributed by atoms with Gasteiger partial charge in [-0.1, -0.05) is 6.07 Å². The van der Waals surface area contributed by atoms with Crippen LogP contribution in [0, 0.1) is 5.82 Å². The zero-order valence-electron chi connectivity index (χ0n) is 9.85. The highest BCUT2D eigenvalue weighted by molar-refractivity contribution is 7.85. The van der Waals surface area contributed by atoms with Crippen LogP contribution in [0.15, 0.2) is 29.2 Å². The number of hydrogen-bond acceptors (Lipinski definition) is 4. The third kappa shape index (κ3) is 4.75. The van der Waals surface area contributed by atoms with Crippen LogP contribution in [0.1, 0.15) is 13.3 Å². The number of Topliss-reactive ketones (excluding diaryl/α,β-unsaturated/α-hetero) is 1. The minimum atomic E-state index is -1.64. The number of hydrogen-bond donors (Lipinski definition) is 0. The first-order chi connectivity index (χ1) is 8.52. The Morgan fingerprint density at radius 1 is 1.39 bits per heavy atom. The molecule has 6 heteroatoms. The van der Waals surface area contributed by atoms with E-state index in [4.69, 9.17) is 0 Å². The maximum absolute atomic E-state index is 12.9. The average Bonchev–Trinajstić information content (AvgIpc) is 2.28. The minimum Gasteiger partial charge on any atom is -0.466 e. The van der Waals surface area contributed by atoms with Gasteiger partial charge >= 0.3 is 5.97 Å². The standard InChI is InChI=1S/C12H13FO4S/c1-2-17-12(15)7-10(14)8-18(16)11-5-3-4-9(13)6-11/h3-6H,2,7-8H2,1H3. The fourth-order valence-corrected chi connectivity index (χ4v) is 2.30. The lowest BCUT2D eigenvalue weighted by molar-refractivity contribution is -0.145. The Labute approximate surface area is 107 Å². The van der Waals surface area contributed by atoms with Crippen molar-refractivity contribution in [2.24, 2.45) is 0 Å². The number of rotatable bonds is 6. The molecule has 0 N–H and O–H groups in total. The molecular formula is C12H13FO4S. The van der Waals surface area contributed by atoms with E-state index in [-0.39, 0.29) is 17.3 Å². The van der Waals surface area contributed by atoms with Gasteiger partial charge in [0.1, 0.15) is 12.2 Å². The lowest BCUT2D eigenvalue weighted by Gasteiger charge is -2.02. The number of ether oxygens (including phenoxy) is 1. The second-order valence-corrected chi connectivity index (χ2v) is 4.92. The highest BCUT2D eigenvalue weighted by Crippen LogP contribution is 2.09. The van der Waals surface area contributed by atoms with Crippen molar-refractivity contribution in [2.75, 3.05) is 12.4 Å². The van der Waals surface area contributed by atoms with Crippen molar-refractivity contribution in [1.29, 1.82) is 0 Å². The highest BCUT2D eigenvalue weighted by atomic mass is 32.2. The van der Waals surface area contributed by atoms with E-state index < -0.39 is 34.8 Å². The summed E-state index contributed by atoms with van der Waals surface area (Å²) in [5, 5.41) is 0. The summed E-state index contributed by atoms with van der Waals surface area (Å²) in [6.45, 7) is 1.83. The van der Waals surface area contributed by atoms with Gasteiger partial charge in [-0.3, -0.25) is 13.8 Å². The SMILES string of the molecule is CCOC(=O)CC(=O)CS(=O)c1cccc(F)c1. The molecule has 1 atom stereocenters. The molecule has 4 nitrogen and oxygen atoms in total. The van der Waals surface area contributed by atoms with Crippen LogP contribution in [0.2, 0.25) is 0 Å². The van der Waals surface area contributed by atoms with E-state index in [1.54, 1.807) is 6.92 Å². The molecule has 0 bridgehead atoms. The van der Waals surface area contributed by atoms with Crippen molar-refractivity contribution >= 4 is 22.6 Å². The molecule has 0 amide bonds. The van der Waals surface area contributed by atoms with Crippen LogP contribution in [-0.4, -0.2) is 28.3 Å². The molecule has 0 aromatic heterocycles. The van der Waals surface area contributed by atoms with Gasteiger partial charge in [-0.2, -0.15) is 0 Å². The van der Waals surface area contributed by atoms with Gasteiger partial charge in [0.15, 0.2) is 5.78 Å². The first kappa shape index (κ1) is 14.5. The number of carbonyl (C=O) groups is 2. The van der Waals surface area contributed by atoms with E-state index >= 15 is 0 Å².